The van der Waals surface area contributed by atoms with E-state index >= 15 is 0 Å². The van der Waals surface area contributed by atoms with Gasteiger partial charge in [0, 0.05) is 11.6 Å². The van der Waals surface area contributed by atoms with Crippen LogP contribution in [0, 0.1) is 5.82 Å². The van der Waals surface area contributed by atoms with Crippen molar-refractivity contribution in [3.05, 3.63) is 29.6 Å². The molecule has 0 heterocycles. The molecule has 6 nitrogen and oxygen atoms in total. The number of carbonyl (C=O) groups is 2. The zero-order valence-corrected chi connectivity index (χ0v) is 13.0. The van der Waals surface area contributed by atoms with E-state index in [1.807, 2.05) is 0 Å². The molecule has 22 heavy (non-hydrogen) atoms. The Morgan fingerprint density at radius 3 is 2.45 bits per heavy atom. The topological polar surface area (TPSA) is 84.9 Å². The number of amides is 1. The molecule has 2 N–H and O–H groups in total. The van der Waals surface area contributed by atoms with Crippen LogP contribution < -0.4 is 10.1 Å². The van der Waals surface area contributed by atoms with Gasteiger partial charge in [0.2, 0.25) is 0 Å². The van der Waals surface area contributed by atoms with Gasteiger partial charge in [0.05, 0.1) is 19.6 Å². The Balaban J connectivity index is 2.98. The molecule has 122 valence electrons. The van der Waals surface area contributed by atoms with E-state index in [1.54, 1.807) is 20.8 Å². The SMILES string of the molecule is COc1ccc([C@@H](CC(=O)O)NC(=O)OC(C)(C)C)c(F)c1. The van der Waals surface area contributed by atoms with Gasteiger partial charge in [-0.05, 0) is 26.8 Å². The average molecular weight is 313 g/mol. The van der Waals surface area contributed by atoms with Gasteiger partial charge in [-0.2, -0.15) is 0 Å². The summed E-state index contributed by atoms with van der Waals surface area (Å²) in [7, 11) is 1.39. The van der Waals surface area contributed by atoms with Crippen molar-refractivity contribution < 1.29 is 28.6 Å². The molecule has 1 aromatic rings. The molecule has 0 saturated heterocycles. The van der Waals surface area contributed by atoms with Crippen molar-refractivity contribution in [1.29, 1.82) is 0 Å². The molecular weight excluding hydrogens is 293 g/mol. The maximum atomic E-state index is 14.1. The number of alkyl carbamates (subject to hydrolysis) is 1. The molecule has 0 unspecified atom stereocenters. The van der Waals surface area contributed by atoms with Crippen molar-refractivity contribution in [2.45, 2.75) is 38.8 Å². The molecule has 0 fully saturated rings. The highest BCUT2D eigenvalue weighted by atomic mass is 19.1. The quantitative estimate of drug-likeness (QED) is 0.873. The van der Waals surface area contributed by atoms with Gasteiger partial charge in [-0.1, -0.05) is 6.07 Å². The highest BCUT2D eigenvalue weighted by Gasteiger charge is 2.24. The van der Waals surface area contributed by atoms with Crippen LogP contribution >= 0.6 is 0 Å². The Bertz CT molecular complexity index is 553. The third kappa shape index (κ3) is 5.59. The van der Waals surface area contributed by atoms with Gasteiger partial charge >= 0.3 is 12.1 Å². The molecule has 0 aliphatic carbocycles. The monoisotopic (exact) mass is 313 g/mol. The minimum Gasteiger partial charge on any atom is -0.497 e. The van der Waals surface area contributed by atoms with Crippen LogP contribution in [-0.2, 0) is 9.53 Å². The first-order valence-electron chi connectivity index (χ1n) is 6.67. The van der Waals surface area contributed by atoms with Gasteiger partial charge in [0.1, 0.15) is 17.2 Å². The first-order valence-corrected chi connectivity index (χ1v) is 6.67. The number of ether oxygens (including phenoxy) is 2. The van der Waals surface area contributed by atoms with Gasteiger partial charge in [0.15, 0.2) is 0 Å². The first kappa shape index (κ1) is 17.7. The van der Waals surface area contributed by atoms with E-state index in [2.05, 4.69) is 5.32 Å². The van der Waals surface area contributed by atoms with Crippen molar-refractivity contribution in [2.75, 3.05) is 7.11 Å². The molecule has 0 bridgehead atoms. The van der Waals surface area contributed by atoms with Crippen LogP contribution in [0.5, 0.6) is 5.75 Å². The molecule has 1 aromatic carbocycles. The maximum absolute atomic E-state index is 14.1. The first-order chi connectivity index (χ1) is 10.1. The van der Waals surface area contributed by atoms with E-state index in [1.165, 1.54) is 19.2 Å². The standard InChI is InChI=1S/C15H20FNO5/c1-15(2,3)22-14(20)17-12(8-13(18)19)10-6-5-9(21-4)7-11(10)16/h5-7,12H,8H2,1-4H3,(H,17,20)(H,18,19)/t12-/m1/s1. The van der Waals surface area contributed by atoms with E-state index < -0.39 is 35.9 Å². The fourth-order valence-electron chi connectivity index (χ4n) is 1.78. The predicted octanol–water partition coefficient (Wildman–Crippen LogP) is 2.87. The van der Waals surface area contributed by atoms with Crippen molar-refractivity contribution in [2.24, 2.45) is 0 Å². The molecule has 1 amide bonds. The Morgan fingerprint density at radius 2 is 2.00 bits per heavy atom. The molecule has 0 saturated carbocycles. The minimum absolute atomic E-state index is 0.0501. The number of halogens is 1. The smallest absolute Gasteiger partial charge is 0.408 e. The van der Waals surface area contributed by atoms with Crippen LogP contribution in [0.4, 0.5) is 9.18 Å². The number of aliphatic carboxylic acids is 1. The molecule has 1 atom stereocenters. The molecule has 0 aliphatic rings. The number of carboxylic acid groups (broad SMARTS) is 1. The van der Waals surface area contributed by atoms with E-state index in [4.69, 9.17) is 14.6 Å². The second-order valence-electron chi connectivity index (χ2n) is 5.68. The summed E-state index contributed by atoms with van der Waals surface area (Å²) in [6, 6.07) is 2.95. The highest BCUT2D eigenvalue weighted by Crippen LogP contribution is 2.24. The zero-order valence-electron chi connectivity index (χ0n) is 13.0. The second-order valence-corrected chi connectivity index (χ2v) is 5.68. The van der Waals surface area contributed by atoms with Crippen molar-refractivity contribution in [3.63, 3.8) is 0 Å². The van der Waals surface area contributed by atoms with Crippen molar-refractivity contribution in [3.8, 4) is 5.75 Å². The van der Waals surface area contributed by atoms with Crippen LogP contribution in [0.2, 0.25) is 0 Å². The summed E-state index contributed by atoms with van der Waals surface area (Å²) in [6.07, 6.45) is -1.28. The van der Waals surface area contributed by atoms with Crippen LogP contribution in [0.25, 0.3) is 0 Å². The number of methoxy groups -OCH3 is 1. The molecule has 0 radical (unpaired) electrons. The van der Waals surface area contributed by atoms with Gasteiger partial charge in [-0.15, -0.1) is 0 Å². The van der Waals surface area contributed by atoms with E-state index in [9.17, 15) is 14.0 Å². The van der Waals surface area contributed by atoms with Gasteiger partial charge < -0.3 is 19.9 Å². The molecule has 7 heteroatoms. The van der Waals surface area contributed by atoms with E-state index in [-0.39, 0.29) is 5.56 Å². The van der Waals surface area contributed by atoms with E-state index in [0.29, 0.717) is 5.75 Å². The Hall–Kier alpha value is -2.31. The number of rotatable bonds is 5. The van der Waals surface area contributed by atoms with E-state index in [0.717, 1.165) is 6.07 Å². The summed E-state index contributed by atoms with van der Waals surface area (Å²) in [5, 5.41) is 11.3. The number of benzene rings is 1. The van der Waals surface area contributed by atoms with Crippen molar-refractivity contribution in [1.82, 2.24) is 5.32 Å². The lowest BCUT2D eigenvalue weighted by Crippen LogP contribution is -2.36. The third-order valence-corrected chi connectivity index (χ3v) is 2.65. The predicted molar refractivity (Wildman–Crippen MR) is 77.3 cm³/mol. The Kier molecular flexibility index (Phi) is 5.73. The summed E-state index contributed by atoms with van der Waals surface area (Å²) < 4.78 is 24.0. The summed E-state index contributed by atoms with van der Waals surface area (Å²) in [6.45, 7) is 5.02. The largest absolute Gasteiger partial charge is 0.497 e. The second kappa shape index (κ2) is 7.11. The van der Waals surface area contributed by atoms with Crippen LogP contribution in [0.15, 0.2) is 18.2 Å². The normalized spacial score (nSPS) is 12.4. The fraction of sp³-hybridized carbons (Fsp3) is 0.467. The lowest BCUT2D eigenvalue weighted by atomic mass is 10.0. The lowest BCUT2D eigenvalue weighted by molar-refractivity contribution is -0.137. The molecular formula is C15H20FNO5. The van der Waals surface area contributed by atoms with Crippen LogP contribution in [-0.4, -0.2) is 29.9 Å². The molecule has 0 aliphatic heterocycles. The van der Waals surface area contributed by atoms with Crippen LogP contribution in [0.3, 0.4) is 0 Å². The lowest BCUT2D eigenvalue weighted by Gasteiger charge is -2.23. The fourth-order valence-corrected chi connectivity index (χ4v) is 1.78. The third-order valence-electron chi connectivity index (χ3n) is 2.65. The van der Waals surface area contributed by atoms with Gasteiger partial charge in [0.25, 0.3) is 0 Å². The molecule has 0 spiro atoms. The average Bonchev–Trinajstić information content (AvgIpc) is 2.34. The summed E-state index contributed by atoms with van der Waals surface area (Å²) in [5.74, 6) is -1.54. The zero-order chi connectivity index (χ0) is 16.9. The Morgan fingerprint density at radius 1 is 1.36 bits per heavy atom. The van der Waals surface area contributed by atoms with Gasteiger partial charge in [-0.3, -0.25) is 4.79 Å². The summed E-state index contributed by atoms with van der Waals surface area (Å²) >= 11 is 0. The number of carboxylic acids is 1. The number of carbonyl (C=O) groups excluding carboxylic acids is 1. The molecule has 1 rings (SSSR count). The summed E-state index contributed by atoms with van der Waals surface area (Å²) in [4.78, 5) is 22.7. The minimum atomic E-state index is -1.17. The number of hydrogen-bond acceptors (Lipinski definition) is 4. The maximum Gasteiger partial charge on any atom is 0.408 e. The summed E-state index contributed by atoms with van der Waals surface area (Å²) in [5.41, 5.74) is -0.690. The van der Waals surface area contributed by atoms with Crippen molar-refractivity contribution >= 4 is 12.1 Å². The van der Waals surface area contributed by atoms with Crippen LogP contribution in [0.1, 0.15) is 38.8 Å². The highest BCUT2D eigenvalue weighted by molar-refractivity contribution is 5.72. The van der Waals surface area contributed by atoms with Gasteiger partial charge in [-0.25, -0.2) is 9.18 Å². The number of nitrogens with one attached hydrogen (secondary N) is 1. The Labute approximate surface area is 128 Å². The number of hydrogen-bond donors (Lipinski definition) is 2. The molecule has 0 aromatic heterocycles.